The van der Waals surface area contributed by atoms with Crippen LogP contribution in [0.1, 0.15) is 23.2 Å². The van der Waals surface area contributed by atoms with Crippen LogP contribution < -0.4 is 5.32 Å². The van der Waals surface area contributed by atoms with Crippen molar-refractivity contribution in [2.75, 3.05) is 25.0 Å². The van der Waals surface area contributed by atoms with Crippen molar-refractivity contribution in [1.29, 1.82) is 0 Å². The number of aromatic carboxylic acids is 1. The number of likely N-dealkylation sites (tertiary alicyclic amines) is 1. The molecule has 1 heterocycles. The Morgan fingerprint density at radius 3 is 2.86 bits per heavy atom. The third-order valence-corrected chi connectivity index (χ3v) is 3.52. The van der Waals surface area contributed by atoms with Gasteiger partial charge in [-0.3, -0.25) is 0 Å². The van der Waals surface area contributed by atoms with Gasteiger partial charge in [-0.25, -0.2) is 14.0 Å². The molecule has 7 heteroatoms. The molecule has 1 fully saturated rings. The number of amides is 2. The molecule has 0 aliphatic carbocycles. The summed E-state index contributed by atoms with van der Waals surface area (Å²) in [6.07, 6.45) is 1.64. The minimum absolute atomic E-state index is 0.0146. The number of benzene rings is 1. The topological polar surface area (TPSA) is 89.9 Å². The summed E-state index contributed by atoms with van der Waals surface area (Å²) in [4.78, 5) is 24.7. The van der Waals surface area contributed by atoms with Crippen LogP contribution in [0.4, 0.5) is 14.9 Å². The Hall–Kier alpha value is -2.15. The van der Waals surface area contributed by atoms with Crippen LogP contribution in [0, 0.1) is 11.7 Å². The van der Waals surface area contributed by atoms with Gasteiger partial charge in [0.2, 0.25) is 0 Å². The fraction of sp³-hybridized carbons (Fsp3) is 0.429. The lowest BCUT2D eigenvalue weighted by molar-refractivity contribution is 0.0697. The highest BCUT2D eigenvalue weighted by Crippen LogP contribution is 2.20. The molecule has 1 unspecified atom stereocenters. The van der Waals surface area contributed by atoms with E-state index in [9.17, 15) is 14.0 Å². The highest BCUT2D eigenvalue weighted by Gasteiger charge is 2.24. The van der Waals surface area contributed by atoms with Crippen molar-refractivity contribution in [2.24, 2.45) is 5.92 Å². The van der Waals surface area contributed by atoms with Gasteiger partial charge in [0.1, 0.15) is 5.82 Å². The Bertz CT molecular complexity index is 550. The van der Waals surface area contributed by atoms with E-state index < -0.39 is 17.8 Å². The number of urea groups is 1. The molecule has 0 radical (unpaired) electrons. The first kappa shape index (κ1) is 15.2. The number of anilines is 1. The largest absolute Gasteiger partial charge is 0.478 e. The van der Waals surface area contributed by atoms with Crippen molar-refractivity contribution in [3.8, 4) is 0 Å². The van der Waals surface area contributed by atoms with Crippen molar-refractivity contribution in [3.63, 3.8) is 0 Å². The lowest BCUT2D eigenvalue weighted by Crippen LogP contribution is -2.43. The number of aliphatic hydroxyl groups excluding tert-OH is 1. The van der Waals surface area contributed by atoms with Gasteiger partial charge in [0, 0.05) is 19.7 Å². The Balaban J connectivity index is 2.11. The van der Waals surface area contributed by atoms with Crippen molar-refractivity contribution in [3.05, 3.63) is 29.6 Å². The molecule has 1 saturated heterocycles. The molecule has 0 spiro atoms. The third kappa shape index (κ3) is 3.69. The maximum absolute atomic E-state index is 13.1. The molecule has 1 aromatic carbocycles. The normalized spacial score (nSPS) is 18.4. The van der Waals surface area contributed by atoms with Crippen molar-refractivity contribution >= 4 is 17.7 Å². The van der Waals surface area contributed by atoms with Gasteiger partial charge in [0.15, 0.2) is 0 Å². The second-order valence-electron chi connectivity index (χ2n) is 5.06. The number of carboxylic acid groups (broad SMARTS) is 1. The van der Waals surface area contributed by atoms with Crippen molar-refractivity contribution in [1.82, 2.24) is 4.90 Å². The molecule has 0 saturated carbocycles. The van der Waals surface area contributed by atoms with E-state index in [4.69, 9.17) is 10.2 Å². The van der Waals surface area contributed by atoms with E-state index in [1.54, 1.807) is 0 Å². The maximum atomic E-state index is 13.1. The smallest absolute Gasteiger partial charge is 0.337 e. The molecule has 2 rings (SSSR count). The molecular formula is C14H17FN2O4. The number of piperidine rings is 1. The third-order valence-electron chi connectivity index (χ3n) is 3.52. The molecule has 6 nitrogen and oxygen atoms in total. The zero-order chi connectivity index (χ0) is 15.4. The van der Waals surface area contributed by atoms with Gasteiger partial charge in [-0.05, 0) is 37.0 Å². The fourth-order valence-corrected chi connectivity index (χ4v) is 2.40. The molecule has 0 aromatic heterocycles. The van der Waals surface area contributed by atoms with E-state index in [0.29, 0.717) is 13.1 Å². The molecule has 1 aromatic rings. The van der Waals surface area contributed by atoms with Crippen LogP contribution >= 0.6 is 0 Å². The highest BCUT2D eigenvalue weighted by atomic mass is 19.1. The molecule has 1 aliphatic rings. The van der Waals surface area contributed by atoms with Gasteiger partial charge in [0.25, 0.3) is 0 Å². The predicted octanol–water partition coefficient (Wildman–Crippen LogP) is 1.76. The molecule has 21 heavy (non-hydrogen) atoms. The number of nitrogens with zero attached hydrogens (tertiary/aromatic N) is 1. The summed E-state index contributed by atoms with van der Waals surface area (Å²) in [7, 11) is 0. The first-order valence-electron chi connectivity index (χ1n) is 6.71. The van der Waals surface area contributed by atoms with E-state index in [1.807, 2.05) is 0 Å². The number of aliphatic hydroxyl groups is 1. The summed E-state index contributed by atoms with van der Waals surface area (Å²) >= 11 is 0. The van der Waals surface area contributed by atoms with Crippen LogP contribution in [0.5, 0.6) is 0 Å². The van der Waals surface area contributed by atoms with Gasteiger partial charge in [-0.1, -0.05) is 0 Å². The predicted molar refractivity (Wildman–Crippen MR) is 73.8 cm³/mol. The lowest BCUT2D eigenvalue weighted by Gasteiger charge is -2.31. The summed E-state index contributed by atoms with van der Waals surface area (Å²) in [6.45, 7) is 0.985. The molecule has 0 bridgehead atoms. The summed E-state index contributed by atoms with van der Waals surface area (Å²) in [6, 6.07) is 2.74. The minimum Gasteiger partial charge on any atom is -0.478 e. The monoisotopic (exact) mass is 296 g/mol. The molecule has 2 amide bonds. The number of halogens is 1. The van der Waals surface area contributed by atoms with Crippen LogP contribution in [0.2, 0.25) is 0 Å². The van der Waals surface area contributed by atoms with Gasteiger partial charge in [0.05, 0.1) is 11.3 Å². The first-order valence-corrected chi connectivity index (χ1v) is 6.71. The summed E-state index contributed by atoms with van der Waals surface area (Å²) < 4.78 is 13.1. The van der Waals surface area contributed by atoms with E-state index >= 15 is 0 Å². The van der Waals surface area contributed by atoms with E-state index in [0.717, 1.165) is 25.0 Å². The molecule has 1 aliphatic heterocycles. The Labute approximate surface area is 121 Å². The Kier molecular flexibility index (Phi) is 4.74. The fourth-order valence-electron chi connectivity index (χ4n) is 2.40. The van der Waals surface area contributed by atoms with E-state index in [1.165, 1.54) is 11.0 Å². The van der Waals surface area contributed by atoms with Crippen molar-refractivity contribution < 1.29 is 24.2 Å². The zero-order valence-corrected chi connectivity index (χ0v) is 11.4. The molecule has 114 valence electrons. The molecular weight excluding hydrogens is 279 g/mol. The van der Waals surface area contributed by atoms with E-state index in [-0.39, 0.29) is 23.8 Å². The van der Waals surface area contributed by atoms with Crippen LogP contribution in [0.15, 0.2) is 18.2 Å². The van der Waals surface area contributed by atoms with Crippen LogP contribution in [-0.2, 0) is 0 Å². The van der Waals surface area contributed by atoms with Gasteiger partial charge in [-0.2, -0.15) is 0 Å². The second-order valence-corrected chi connectivity index (χ2v) is 5.06. The molecule has 3 N–H and O–H groups in total. The summed E-state index contributed by atoms with van der Waals surface area (Å²) in [5.41, 5.74) is -0.237. The lowest BCUT2D eigenvalue weighted by atomic mass is 9.99. The highest BCUT2D eigenvalue weighted by molar-refractivity contribution is 6.00. The number of carbonyl (C=O) groups excluding carboxylic acids is 1. The van der Waals surface area contributed by atoms with Crippen LogP contribution in [0.25, 0.3) is 0 Å². The minimum atomic E-state index is -1.31. The first-order chi connectivity index (χ1) is 10.0. The number of nitrogens with one attached hydrogen (secondary N) is 1. The van der Waals surface area contributed by atoms with Crippen LogP contribution in [0.3, 0.4) is 0 Å². The summed E-state index contributed by atoms with van der Waals surface area (Å²) in [5.74, 6) is -1.95. The molecule has 1 atom stereocenters. The van der Waals surface area contributed by atoms with Gasteiger partial charge >= 0.3 is 12.0 Å². The quantitative estimate of drug-likeness (QED) is 0.793. The van der Waals surface area contributed by atoms with Crippen LogP contribution in [-0.4, -0.2) is 46.8 Å². The second kappa shape index (κ2) is 6.53. The van der Waals surface area contributed by atoms with Crippen molar-refractivity contribution in [2.45, 2.75) is 12.8 Å². The summed E-state index contributed by atoms with van der Waals surface area (Å²) in [5, 5.41) is 20.7. The van der Waals surface area contributed by atoms with Gasteiger partial charge < -0.3 is 20.4 Å². The number of carboxylic acids is 1. The standard InChI is InChI=1S/C14H17FN2O4/c15-10-3-4-12(11(6-10)13(19)20)16-14(21)17-5-1-2-9(7-17)8-18/h3-4,6,9,18H,1-2,5,7-8H2,(H,16,21)(H,19,20). The maximum Gasteiger partial charge on any atom is 0.337 e. The number of hydrogen-bond donors (Lipinski definition) is 3. The van der Waals surface area contributed by atoms with E-state index in [2.05, 4.69) is 5.32 Å². The number of hydrogen-bond acceptors (Lipinski definition) is 3. The average molecular weight is 296 g/mol. The number of rotatable bonds is 3. The number of carbonyl (C=O) groups is 2. The average Bonchev–Trinajstić information content (AvgIpc) is 2.48. The van der Waals surface area contributed by atoms with Gasteiger partial charge in [-0.15, -0.1) is 0 Å². The zero-order valence-electron chi connectivity index (χ0n) is 11.4. The SMILES string of the molecule is O=C(O)c1cc(F)ccc1NC(=O)N1CCCC(CO)C1. The Morgan fingerprint density at radius 1 is 1.43 bits per heavy atom. The Morgan fingerprint density at radius 2 is 2.19 bits per heavy atom.